The Hall–Kier alpha value is -2.25. The number of amides is 1. The summed E-state index contributed by atoms with van der Waals surface area (Å²) >= 11 is 0. The van der Waals surface area contributed by atoms with Gasteiger partial charge in [-0.05, 0) is 24.3 Å². The summed E-state index contributed by atoms with van der Waals surface area (Å²) in [6.07, 6.45) is -4.50. The van der Waals surface area contributed by atoms with Crippen LogP contribution in [0.25, 0.3) is 0 Å². The summed E-state index contributed by atoms with van der Waals surface area (Å²) < 4.78 is 40.6. The number of ether oxygens (including phenoxy) is 1. The lowest BCUT2D eigenvalue weighted by molar-refractivity contribution is -0.153. The van der Waals surface area contributed by atoms with Gasteiger partial charge in [0, 0.05) is 18.7 Å². The van der Waals surface area contributed by atoms with E-state index in [9.17, 15) is 22.8 Å². The molecule has 0 saturated carbocycles. The third-order valence-corrected chi connectivity index (χ3v) is 3.03. The lowest BCUT2D eigenvalue weighted by Crippen LogP contribution is -2.25. The average molecular weight is 303 g/mol. The number of benzene rings is 1. The molecule has 1 atom stereocenters. The summed E-state index contributed by atoms with van der Waals surface area (Å²) in [5.74, 6) is -2.11. The molecule has 1 N–H and O–H groups in total. The van der Waals surface area contributed by atoms with Crippen molar-refractivity contribution in [2.24, 2.45) is 5.92 Å². The lowest BCUT2D eigenvalue weighted by atomic mass is 10.1. The van der Waals surface area contributed by atoms with Crippen LogP contribution in [0.4, 0.5) is 18.9 Å². The number of halogens is 3. The van der Waals surface area contributed by atoms with Crippen molar-refractivity contribution in [3.63, 3.8) is 0 Å². The van der Waals surface area contributed by atoms with Crippen molar-refractivity contribution in [2.45, 2.75) is 12.6 Å². The largest absolute Gasteiger partial charge is 0.484 e. The average Bonchev–Trinajstić information content (AvgIpc) is 2.78. The van der Waals surface area contributed by atoms with E-state index in [1.54, 1.807) is 0 Å². The summed E-state index contributed by atoms with van der Waals surface area (Å²) in [7, 11) is 0. The molecule has 0 radical (unpaired) electrons. The molecule has 1 fully saturated rings. The molecule has 0 spiro atoms. The number of carboxylic acids is 1. The van der Waals surface area contributed by atoms with Gasteiger partial charge in [-0.15, -0.1) is 0 Å². The maximum atomic E-state index is 12.0. The fourth-order valence-electron chi connectivity index (χ4n) is 2.01. The van der Waals surface area contributed by atoms with Crippen LogP contribution in [0.5, 0.6) is 5.75 Å². The second kappa shape index (κ2) is 5.63. The molecule has 21 heavy (non-hydrogen) atoms. The van der Waals surface area contributed by atoms with Crippen molar-refractivity contribution in [3.8, 4) is 5.75 Å². The molecule has 1 aliphatic heterocycles. The van der Waals surface area contributed by atoms with Gasteiger partial charge in [0.2, 0.25) is 5.91 Å². The molecule has 0 aliphatic carbocycles. The highest BCUT2D eigenvalue weighted by atomic mass is 19.4. The molecule has 114 valence electrons. The molecular formula is C13H12F3NO4. The van der Waals surface area contributed by atoms with Gasteiger partial charge in [0.1, 0.15) is 5.75 Å². The zero-order valence-corrected chi connectivity index (χ0v) is 10.8. The maximum Gasteiger partial charge on any atom is 0.422 e. The first-order chi connectivity index (χ1) is 9.76. The molecule has 1 aromatic carbocycles. The molecule has 1 heterocycles. The van der Waals surface area contributed by atoms with Crippen LogP contribution < -0.4 is 9.64 Å². The van der Waals surface area contributed by atoms with Crippen LogP contribution >= 0.6 is 0 Å². The summed E-state index contributed by atoms with van der Waals surface area (Å²) in [5.41, 5.74) is 0.433. The Morgan fingerprint density at radius 1 is 1.33 bits per heavy atom. The Morgan fingerprint density at radius 3 is 2.43 bits per heavy atom. The van der Waals surface area contributed by atoms with Gasteiger partial charge in [0.15, 0.2) is 6.61 Å². The smallest absolute Gasteiger partial charge is 0.422 e. The van der Waals surface area contributed by atoms with Crippen LogP contribution in [0.15, 0.2) is 24.3 Å². The second-order valence-corrected chi connectivity index (χ2v) is 4.64. The Kier molecular flexibility index (Phi) is 4.06. The minimum Gasteiger partial charge on any atom is -0.484 e. The number of carbonyl (C=O) groups is 2. The lowest BCUT2D eigenvalue weighted by Gasteiger charge is -2.16. The summed E-state index contributed by atoms with van der Waals surface area (Å²) in [6.45, 7) is -1.34. The van der Waals surface area contributed by atoms with Crippen molar-refractivity contribution < 1.29 is 32.6 Å². The molecule has 1 aromatic rings. The Bertz CT molecular complexity index is 541. The number of anilines is 1. The van der Waals surface area contributed by atoms with Crippen LogP contribution in [-0.4, -0.2) is 36.3 Å². The molecule has 0 unspecified atom stereocenters. The van der Waals surface area contributed by atoms with Crippen molar-refractivity contribution in [3.05, 3.63) is 24.3 Å². The number of rotatable bonds is 4. The molecular weight excluding hydrogens is 291 g/mol. The minimum atomic E-state index is -4.42. The van der Waals surface area contributed by atoms with Crippen molar-refractivity contribution in [2.75, 3.05) is 18.1 Å². The molecule has 2 rings (SSSR count). The fourth-order valence-corrected chi connectivity index (χ4v) is 2.01. The first-order valence-electron chi connectivity index (χ1n) is 6.09. The first kappa shape index (κ1) is 15.1. The van der Waals surface area contributed by atoms with Crippen LogP contribution in [0, 0.1) is 5.92 Å². The van der Waals surface area contributed by atoms with Gasteiger partial charge in [0.25, 0.3) is 0 Å². The second-order valence-electron chi connectivity index (χ2n) is 4.64. The van der Waals surface area contributed by atoms with Crippen LogP contribution in [-0.2, 0) is 9.59 Å². The van der Waals surface area contributed by atoms with Crippen molar-refractivity contribution in [1.29, 1.82) is 0 Å². The third-order valence-electron chi connectivity index (χ3n) is 3.03. The van der Waals surface area contributed by atoms with Gasteiger partial charge >= 0.3 is 12.1 Å². The third kappa shape index (κ3) is 3.87. The normalized spacial score (nSPS) is 18.9. The van der Waals surface area contributed by atoms with Gasteiger partial charge in [-0.2, -0.15) is 13.2 Å². The van der Waals surface area contributed by atoms with Gasteiger partial charge in [-0.1, -0.05) is 0 Å². The van der Waals surface area contributed by atoms with Crippen LogP contribution in [0.3, 0.4) is 0 Å². The Labute approximate surface area is 117 Å². The van der Waals surface area contributed by atoms with Crippen molar-refractivity contribution in [1.82, 2.24) is 0 Å². The van der Waals surface area contributed by atoms with E-state index in [2.05, 4.69) is 4.74 Å². The summed E-state index contributed by atoms with van der Waals surface area (Å²) in [5, 5.41) is 8.88. The first-order valence-corrected chi connectivity index (χ1v) is 6.09. The minimum absolute atomic E-state index is 0.0255. The maximum absolute atomic E-state index is 12.0. The van der Waals surface area contributed by atoms with Gasteiger partial charge in [-0.25, -0.2) is 0 Å². The molecule has 1 amide bonds. The molecule has 5 nitrogen and oxygen atoms in total. The number of carboxylic acid groups (broad SMARTS) is 1. The Balaban J connectivity index is 2.02. The molecule has 8 heteroatoms. The van der Waals surface area contributed by atoms with E-state index in [0.29, 0.717) is 5.69 Å². The predicted octanol–water partition coefficient (Wildman–Crippen LogP) is 2.07. The fraction of sp³-hybridized carbons (Fsp3) is 0.385. The van der Waals surface area contributed by atoms with Gasteiger partial charge in [-0.3, -0.25) is 9.59 Å². The van der Waals surface area contributed by atoms with Crippen LogP contribution in [0.1, 0.15) is 6.42 Å². The van der Waals surface area contributed by atoms with Crippen molar-refractivity contribution >= 4 is 17.6 Å². The van der Waals surface area contributed by atoms with E-state index < -0.39 is 24.7 Å². The molecule has 0 bridgehead atoms. The number of aliphatic carboxylic acids is 1. The Morgan fingerprint density at radius 2 is 1.95 bits per heavy atom. The SMILES string of the molecule is O=C(O)[C@H]1CC(=O)N(c2ccc(OCC(F)(F)F)cc2)C1. The van der Waals surface area contributed by atoms with E-state index in [-0.39, 0.29) is 24.6 Å². The quantitative estimate of drug-likeness (QED) is 0.924. The van der Waals surface area contributed by atoms with E-state index in [4.69, 9.17) is 5.11 Å². The molecule has 0 aromatic heterocycles. The summed E-state index contributed by atoms with van der Waals surface area (Å²) in [6, 6.07) is 5.46. The number of nitrogens with zero attached hydrogens (tertiary/aromatic N) is 1. The van der Waals surface area contributed by atoms with E-state index in [0.717, 1.165) is 0 Å². The monoisotopic (exact) mass is 303 g/mol. The highest BCUT2D eigenvalue weighted by Gasteiger charge is 2.35. The number of hydrogen-bond donors (Lipinski definition) is 1. The predicted molar refractivity (Wildman–Crippen MR) is 66.1 cm³/mol. The number of carbonyl (C=O) groups excluding carboxylic acids is 1. The van der Waals surface area contributed by atoms with Gasteiger partial charge < -0.3 is 14.7 Å². The number of alkyl halides is 3. The van der Waals surface area contributed by atoms with E-state index >= 15 is 0 Å². The zero-order valence-electron chi connectivity index (χ0n) is 10.8. The molecule has 1 saturated heterocycles. The standard InChI is InChI=1S/C13H12F3NO4/c14-13(15,16)7-21-10-3-1-9(2-4-10)17-6-8(12(19)20)5-11(17)18/h1-4,8H,5-7H2,(H,19,20)/t8-/m0/s1. The van der Waals surface area contributed by atoms with E-state index in [1.165, 1.54) is 29.2 Å². The highest BCUT2D eigenvalue weighted by molar-refractivity contribution is 5.99. The highest BCUT2D eigenvalue weighted by Crippen LogP contribution is 2.27. The van der Waals surface area contributed by atoms with Crippen LogP contribution in [0.2, 0.25) is 0 Å². The summed E-state index contributed by atoms with van der Waals surface area (Å²) in [4.78, 5) is 23.9. The topological polar surface area (TPSA) is 66.8 Å². The molecule has 1 aliphatic rings. The zero-order chi connectivity index (χ0) is 15.6. The number of hydrogen-bond acceptors (Lipinski definition) is 3. The van der Waals surface area contributed by atoms with Gasteiger partial charge in [0.05, 0.1) is 5.92 Å². The van der Waals surface area contributed by atoms with E-state index in [1.807, 2.05) is 0 Å².